The number of hydrogen-bond acceptors (Lipinski definition) is 2. The molecule has 0 aliphatic rings. The summed E-state index contributed by atoms with van der Waals surface area (Å²) in [4.78, 5) is 1.22. The lowest BCUT2D eigenvalue weighted by atomic mass is 10.1. The Morgan fingerprint density at radius 2 is 1.92 bits per heavy atom. The maximum atomic E-state index is 5.30. The quantitative estimate of drug-likeness (QED) is 0.650. The molecule has 1 rings (SSSR count). The second-order valence-corrected chi connectivity index (χ2v) is 3.67. The fourth-order valence-corrected chi connectivity index (χ4v) is 2.06. The number of aryl methyl sites for hydroxylation is 2. The molecule has 1 aromatic carbocycles. The summed E-state index contributed by atoms with van der Waals surface area (Å²) in [5.41, 5.74) is 2.50. The zero-order valence-corrected chi connectivity index (χ0v) is 8.79. The van der Waals surface area contributed by atoms with Gasteiger partial charge in [-0.25, -0.2) is 0 Å². The topological polar surface area (TPSA) is 9.23 Å². The van der Waals surface area contributed by atoms with Gasteiger partial charge >= 0.3 is 0 Å². The van der Waals surface area contributed by atoms with Crippen molar-refractivity contribution in [3.05, 3.63) is 23.3 Å². The van der Waals surface area contributed by atoms with Crippen LogP contribution in [-0.4, -0.2) is 13.4 Å². The van der Waals surface area contributed by atoms with Gasteiger partial charge in [0.1, 0.15) is 5.75 Å². The summed E-state index contributed by atoms with van der Waals surface area (Å²) >= 11 is 1.72. The Kier molecular flexibility index (Phi) is 3.04. The number of methoxy groups -OCH3 is 1. The van der Waals surface area contributed by atoms with Crippen LogP contribution in [0.1, 0.15) is 11.1 Å². The summed E-state index contributed by atoms with van der Waals surface area (Å²) in [6, 6.07) is 4.29. The molecule has 2 heteroatoms. The molecule has 1 aromatic rings. The Labute approximate surface area is 78.1 Å². The molecular formula is C10H14OS. The summed E-state index contributed by atoms with van der Waals surface area (Å²) in [7, 11) is 1.72. The maximum absolute atomic E-state index is 5.30. The van der Waals surface area contributed by atoms with Gasteiger partial charge in [0.2, 0.25) is 0 Å². The molecule has 0 heterocycles. The van der Waals surface area contributed by atoms with Crippen LogP contribution in [0.4, 0.5) is 0 Å². The van der Waals surface area contributed by atoms with E-state index in [1.165, 1.54) is 16.0 Å². The van der Waals surface area contributed by atoms with Gasteiger partial charge in [0, 0.05) is 4.90 Å². The second kappa shape index (κ2) is 3.85. The fourth-order valence-electron chi connectivity index (χ4n) is 1.33. The molecule has 0 saturated heterocycles. The highest BCUT2D eigenvalue weighted by molar-refractivity contribution is 7.98. The second-order valence-electron chi connectivity index (χ2n) is 2.82. The standard InChI is InChI=1S/C10H14OS/c1-7-5-8(2)10(11-3)9(6-7)12-4/h5-6H,1-4H3. The average Bonchev–Trinajstić information content (AvgIpc) is 2.03. The summed E-state index contributed by atoms with van der Waals surface area (Å²) < 4.78 is 5.30. The van der Waals surface area contributed by atoms with Crippen LogP contribution in [0.5, 0.6) is 5.75 Å². The Bertz CT molecular complexity index is 281. The van der Waals surface area contributed by atoms with Crippen LogP contribution < -0.4 is 4.74 Å². The van der Waals surface area contributed by atoms with Crippen LogP contribution in [0.3, 0.4) is 0 Å². The normalized spacial score (nSPS) is 10.0. The van der Waals surface area contributed by atoms with Crippen molar-refractivity contribution in [3.63, 3.8) is 0 Å². The third-order valence-electron chi connectivity index (χ3n) is 1.81. The van der Waals surface area contributed by atoms with E-state index >= 15 is 0 Å². The lowest BCUT2D eigenvalue weighted by molar-refractivity contribution is 0.401. The average molecular weight is 182 g/mol. The molecule has 0 atom stereocenters. The van der Waals surface area contributed by atoms with Crippen LogP contribution in [-0.2, 0) is 0 Å². The van der Waals surface area contributed by atoms with E-state index in [9.17, 15) is 0 Å². The smallest absolute Gasteiger partial charge is 0.135 e. The maximum Gasteiger partial charge on any atom is 0.135 e. The largest absolute Gasteiger partial charge is 0.495 e. The van der Waals surface area contributed by atoms with Crippen LogP contribution in [0.2, 0.25) is 0 Å². The first-order valence-electron chi connectivity index (χ1n) is 3.88. The van der Waals surface area contributed by atoms with E-state index < -0.39 is 0 Å². The van der Waals surface area contributed by atoms with Gasteiger partial charge in [0.15, 0.2) is 0 Å². The summed E-state index contributed by atoms with van der Waals surface area (Å²) in [5.74, 6) is 1.01. The third kappa shape index (κ3) is 1.75. The number of ether oxygens (including phenoxy) is 1. The first-order chi connectivity index (χ1) is 5.69. The minimum absolute atomic E-state index is 1.01. The molecular weight excluding hydrogens is 168 g/mol. The molecule has 1 nitrogen and oxygen atoms in total. The molecule has 0 N–H and O–H groups in total. The first kappa shape index (κ1) is 9.46. The molecule has 0 spiro atoms. The Hall–Kier alpha value is -0.630. The van der Waals surface area contributed by atoms with E-state index in [1.807, 2.05) is 0 Å². The first-order valence-corrected chi connectivity index (χ1v) is 5.10. The number of hydrogen-bond donors (Lipinski definition) is 0. The molecule has 0 radical (unpaired) electrons. The Balaban J connectivity index is 3.24. The van der Waals surface area contributed by atoms with Crippen molar-refractivity contribution >= 4 is 11.8 Å². The SMILES string of the molecule is COc1c(C)cc(C)cc1SC. The van der Waals surface area contributed by atoms with Crippen LogP contribution in [0, 0.1) is 13.8 Å². The molecule has 0 aliphatic carbocycles. The summed E-state index contributed by atoms with van der Waals surface area (Å²) in [6.45, 7) is 4.18. The van der Waals surface area contributed by atoms with E-state index in [0.29, 0.717) is 0 Å². The van der Waals surface area contributed by atoms with Gasteiger partial charge < -0.3 is 4.74 Å². The van der Waals surface area contributed by atoms with E-state index in [0.717, 1.165) is 5.75 Å². The molecule has 0 fully saturated rings. The highest BCUT2D eigenvalue weighted by atomic mass is 32.2. The molecule has 0 amide bonds. The van der Waals surface area contributed by atoms with Gasteiger partial charge in [-0.05, 0) is 37.3 Å². The molecule has 66 valence electrons. The van der Waals surface area contributed by atoms with Gasteiger partial charge in [-0.2, -0.15) is 0 Å². The van der Waals surface area contributed by atoms with Crippen LogP contribution in [0.25, 0.3) is 0 Å². The lowest BCUT2D eigenvalue weighted by Crippen LogP contribution is -1.90. The highest BCUT2D eigenvalue weighted by Gasteiger charge is 2.05. The molecule has 12 heavy (non-hydrogen) atoms. The van der Waals surface area contributed by atoms with Crippen molar-refractivity contribution in [2.24, 2.45) is 0 Å². The predicted octanol–water partition coefficient (Wildman–Crippen LogP) is 3.03. The van der Waals surface area contributed by atoms with Crippen LogP contribution in [0.15, 0.2) is 17.0 Å². The summed E-state index contributed by atoms with van der Waals surface area (Å²) in [6.07, 6.45) is 2.07. The molecule has 0 unspecified atom stereocenters. The van der Waals surface area contributed by atoms with Crippen molar-refractivity contribution in [1.82, 2.24) is 0 Å². The van der Waals surface area contributed by atoms with Gasteiger partial charge in [-0.15, -0.1) is 11.8 Å². The van der Waals surface area contributed by atoms with Gasteiger partial charge in [0.25, 0.3) is 0 Å². The zero-order chi connectivity index (χ0) is 9.14. The van der Waals surface area contributed by atoms with Crippen molar-refractivity contribution in [3.8, 4) is 5.75 Å². The molecule has 0 saturated carbocycles. The van der Waals surface area contributed by atoms with E-state index in [4.69, 9.17) is 4.74 Å². The minimum Gasteiger partial charge on any atom is -0.495 e. The Morgan fingerprint density at radius 1 is 1.25 bits per heavy atom. The van der Waals surface area contributed by atoms with Crippen molar-refractivity contribution in [2.45, 2.75) is 18.7 Å². The number of benzene rings is 1. The summed E-state index contributed by atoms with van der Waals surface area (Å²) in [5, 5.41) is 0. The van der Waals surface area contributed by atoms with E-state index in [-0.39, 0.29) is 0 Å². The Morgan fingerprint density at radius 3 is 2.42 bits per heavy atom. The van der Waals surface area contributed by atoms with Gasteiger partial charge in [-0.1, -0.05) is 6.07 Å². The van der Waals surface area contributed by atoms with Crippen molar-refractivity contribution < 1.29 is 4.74 Å². The van der Waals surface area contributed by atoms with Gasteiger partial charge in [0.05, 0.1) is 7.11 Å². The van der Waals surface area contributed by atoms with Crippen molar-refractivity contribution in [1.29, 1.82) is 0 Å². The minimum atomic E-state index is 1.01. The molecule has 0 bridgehead atoms. The van der Waals surface area contributed by atoms with Crippen molar-refractivity contribution in [2.75, 3.05) is 13.4 Å². The number of thioether (sulfide) groups is 1. The highest BCUT2D eigenvalue weighted by Crippen LogP contribution is 2.31. The molecule has 0 aliphatic heterocycles. The fraction of sp³-hybridized carbons (Fsp3) is 0.400. The zero-order valence-electron chi connectivity index (χ0n) is 7.97. The predicted molar refractivity (Wildman–Crippen MR) is 54.2 cm³/mol. The van der Waals surface area contributed by atoms with E-state index in [2.05, 4.69) is 32.2 Å². The van der Waals surface area contributed by atoms with Gasteiger partial charge in [-0.3, -0.25) is 0 Å². The monoisotopic (exact) mass is 182 g/mol. The van der Waals surface area contributed by atoms with E-state index in [1.54, 1.807) is 18.9 Å². The third-order valence-corrected chi connectivity index (χ3v) is 2.55. The molecule has 0 aromatic heterocycles. The number of rotatable bonds is 2. The van der Waals surface area contributed by atoms with Crippen LogP contribution >= 0.6 is 11.8 Å². The lowest BCUT2D eigenvalue weighted by Gasteiger charge is -2.10.